The summed E-state index contributed by atoms with van der Waals surface area (Å²) in [5.41, 5.74) is 10.8. The van der Waals surface area contributed by atoms with E-state index in [9.17, 15) is 0 Å². The molecule has 1 aliphatic rings. The number of fused-ring (bicyclic) bond motifs is 2. The minimum atomic E-state index is -0.118. The van der Waals surface area contributed by atoms with Crippen LogP contribution in [0.4, 0.5) is 0 Å². The van der Waals surface area contributed by atoms with Gasteiger partial charge in [-0.2, -0.15) is 10.2 Å². The molecule has 8 rings (SSSR count). The van der Waals surface area contributed by atoms with Gasteiger partial charge in [-0.05, 0) is 102 Å². The number of nitrogens with zero attached hydrogens (tertiary/aromatic N) is 2. The van der Waals surface area contributed by atoms with Gasteiger partial charge >= 0.3 is 0 Å². The Labute approximate surface area is 312 Å². The van der Waals surface area contributed by atoms with Gasteiger partial charge in [0.05, 0.1) is 6.54 Å². The Morgan fingerprint density at radius 1 is 0.528 bits per heavy atom. The van der Waals surface area contributed by atoms with E-state index in [2.05, 4.69) is 205 Å². The largest absolute Gasteiger partial charge is 0.188 e. The molecule has 0 heterocycles. The number of hydrogen-bond donors (Lipinski definition) is 0. The molecule has 0 saturated carbocycles. The molecule has 0 aliphatic heterocycles. The Morgan fingerprint density at radius 2 is 1.06 bits per heavy atom. The summed E-state index contributed by atoms with van der Waals surface area (Å²) in [5, 5.41) is 14.3. The lowest BCUT2D eigenvalue weighted by Crippen LogP contribution is -1.97. The van der Waals surface area contributed by atoms with Gasteiger partial charge < -0.3 is 0 Å². The number of rotatable bonds is 10. The van der Waals surface area contributed by atoms with Crippen LogP contribution in [0.3, 0.4) is 0 Å². The number of benzene rings is 7. The first-order valence-electron chi connectivity index (χ1n) is 18.3. The van der Waals surface area contributed by atoms with Crippen molar-refractivity contribution in [2.45, 2.75) is 19.0 Å². The Kier molecular flexibility index (Phi) is 10.2. The molecule has 7 aromatic carbocycles. The average Bonchev–Trinajstić information content (AvgIpc) is 3.23. The van der Waals surface area contributed by atoms with Crippen molar-refractivity contribution in [2.75, 3.05) is 0 Å². The molecule has 0 amide bonds. The van der Waals surface area contributed by atoms with E-state index in [1.54, 1.807) is 0 Å². The van der Waals surface area contributed by atoms with Crippen molar-refractivity contribution in [1.29, 1.82) is 0 Å². The minimum absolute atomic E-state index is 0.118. The van der Waals surface area contributed by atoms with Crippen LogP contribution in [0.1, 0.15) is 51.4 Å². The van der Waals surface area contributed by atoms with Gasteiger partial charge in [-0.1, -0.05) is 188 Å². The highest BCUT2D eigenvalue weighted by Crippen LogP contribution is 2.29. The van der Waals surface area contributed by atoms with Crippen molar-refractivity contribution >= 4 is 45.3 Å². The number of hydrogen-bond acceptors (Lipinski definition) is 2. The molecule has 7 aromatic rings. The molecule has 1 aliphatic carbocycles. The Bertz CT molecular complexity index is 2500. The van der Waals surface area contributed by atoms with Gasteiger partial charge in [0.1, 0.15) is 6.04 Å². The van der Waals surface area contributed by atoms with E-state index >= 15 is 0 Å². The maximum atomic E-state index is 4.78. The lowest BCUT2D eigenvalue weighted by Gasteiger charge is -2.12. The highest BCUT2D eigenvalue weighted by Gasteiger charge is 2.12. The van der Waals surface area contributed by atoms with E-state index < -0.39 is 0 Å². The van der Waals surface area contributed by atoms with Crippen molar-refractivity contribution in [1.82, 2.24) is 0 Å². The summed E-state index contributed by atoms with van der Waals surface area (Å²) >= 11 is 0. The summed E-state index contributed by atoms with van der Waals surface area (Å²) in [7, 11) is 0. The van der Waals surface area contributed by atoms with Gasteiger partial charge in [0.15, 0.2) is 0 Å². The Balaban J connectivity index is 0.946. The third kappa shape index (κ3) is 8.30. The average molecular weight is 681 g/mol. The molecule has 0 bridgehead atoms. The summed E-state index contributed by atoms with van der Waals surface area (Å²) in [6.45, 7) is 0.537. The summed E-state index contributed by atoms with van der Waals surface area (Å²) in [6.07, 6.45) is 18.5. The monoisotopic (exact) mass is 680 g/mol. The molecule has 0 unspecified atom stereocenters. The third-order valence-electron chi connectivity index (χ3n) is 9.72. The van der Waals surface area contributed by atoms with E-state index in [4.69, 9.17) is 5.11 Å². The molecule has 2 heteroatoms. The van der Waals surface area contributed by atoms with E-state index in [1.165, 1.54) is 54.9 Å². The van der Waals surface area contributed by atoms with E-state index in [0.29, 0.717) is 6.54 Å². The summed E-state index contributed by atoms with van der Waals surface area (Å²) in [5.74, 6) is 0. The van der Waals surface area contributed by atoms with Crippen molar-refractivity contribution in [3.8, 4) is 0 Å². The second kappa shape index (κ2) is 16.1. The minimum Gasteiger partial charge on any atom is -0.188 e. The summed E-state index contributed by atoms with van der Waals surface area (Å²) < 4.78 is 0. The Morgan fingerprint density at radius 3 is 1.62 bits per heavy atom. The van der Waals surface area contributed by atoms with Crippen LogP contribution in [0.25, 0.3) is 45.3 Å². The highest BCUT2D eigenvalue weighted by molar-refractivity contribution is 5.90. The van der Waals surface area contributed by atoms with Gasteiger partial charge in [-0.25, -0.2) is 0 Å². The van der Waals surface area contributed by atoms with E-state index in [0.717, 1.165) is 23.1 Å². The molecular formula is C51H40N2. The third-order valence-corrected chi connectivity index (χ3v) is 9.72. The van der Waals surface area contributed by atoms with Gasteiger partial charge in [0, 0.05) is 0 Å². The predicted molar refractivity (Wildman–Crippen MR) is 225 cm³/mol. The summed E-state index contributed by atoms with van der Waals surface area (Å²) in [4.78, 5) is 0. The first kappa shape index (κ1) is 33.5. The van der Waals surface area contributed by atoms with E-state index in [-0.39, 0.29) is 6.04 Å². The molecule has 0 radical (unpaired) electrons. The van der Waals surface area contributed by atoms with Crippen LogP contribution in [0.5, 0.6) is 0 Å². The molecule has 0 atom stereocenters. The van der Waals surface area contributed by atoms with Crippen LogP contribution in [-0.2, 0) is 6.54 Å². The van der Waals surface area contributed by atoms with Crippen molar-refractivity contribution < 1.29 is 0 Å². The SMILES string of the molecule is C1=CCC(=C(/C=C/c2ccc3cc(/C=C/c4ccc5cc(CN=NC(c6ccccc6)c6ccccc6)ccc5c4)ccc3c2)c2ccccc2)C=C1. The second-order valence-corrected chi connectivity index (χ2v) is 13.4. The topological polar surface area (TPSA) is 24.7 Å². The quantitative estimate of drug-likeness (QED) is 0.101. The van der Waals surface area contributed by atoms with Crippen LogP contribution in [0.15, 0.2) is 210 Å². The smallest absolute Gasteiger partial charge is 0.121 e. The molecule has 2 nitrogen and oxygen atoms in total. The number of azo groups is 1. The zero-order valence-electron chi connectivity index (χ0n) is 29.6. The molecule has 254 valence electrons. The zero-order valence-corrected chi connectivity index (χ0v) is 29.6. The van der Waals surface area contributed by atoms with Gasteiger partial charge in [0.25, 0.3) is 0 Å². The Hall–Kier alpha value is -6.64. The maximum Gasteiger partial charge on any atom is 0.121 e. The van der Waals surface area contributed by atoms with Gasteiger partial charge in [-0.3, -0.25) is 0 Å². The molecule has 53 heavy (non-hydrogen) atoms. The fourth-order valence-corrected chi connectivity index (χ4v) is 6.90. The molecule has 0 N–H and O–H groups in total. The molecule has 0 aromatic heterocycles. The van der Waals surface area contributed by atoms with Crippen molar-refractivity contribution in [3.05, 3.63) is 239 Å². The van der Waals surface area contributed by atoms with Crippen LogP contribution in [-0.4, -0.2) is 0 Å². The van der Waals surface area contributed by atoms with Crippen LogP contribution in [0, 0.1) is 0 Å². The zero-order chi connectivity index (χ0) is 35.7. The lowest BCUT2D eigenvalue weighted by atomic mass is 9.94. The highest BCUT2D eigenvalue weighted by atomic mass is 15.1. The summed E-state index contributed by atoms with van der Waals surface area (Å²) in [6, 6.07) is 57.9. The van der Waals surface area contributed by atoms with E-state index in [1.807, 2.05) is 12.1 Å². The van der Waals surface area contributed by atoms with Gasteiger partial charge in [0.2, 0.25) is 0 Å². The molecular weight excluding hydrogens is 641 g/mol. The lowest BCUT2D eigenvalue weighted by molar-refractivity contribution is 0.757. The van der Waals surface area contributed by atoms with Crippen LogP contribution < -0.4 is 0 Å². The second-order valence-electron chi connectivity index (χ2n) is 13.4. The fraction of sp³-hybridized carbons (Fsp3) is 0.0588. The number of allylic oxidation sites excluding steroid dienone is 7. The predicted octanol–water partition coefficient (Wildman–Crippen LogP) is 13.9. The molecule has 0 fully saturated rings. The van der Waals surface area contributed by atoms with Crippen molar-refractivity contribution in [2.24, 2.45) is 10.2 Å². The maximum absolute atomic E-state index is 4.78. The normalized spacial score (nSPS) is 14.1. The first-order chi connectivity index (χ1) is 26.2. The van der Waals surface area contributed by atoms with Crippen molar-refractivity contribution in [3.63, 3.8) is 0 Å². The molecule has 0 saturated heterocycles. The molecule has 0 spiro atoms. The van der Waals surface area contributed by atoms with Crippen LogP contribution in [0.2, 0.25) is 0 Å². The van der Waals surface area contributed by atoms with Gasteiger partial charge in [-0.15, -0.1) is 0 Å². The first-order valence-corrected chi connectivity index (χ1v) is 18.3. The standard InChI is InChI=1S/C51H40N2/c1-5-13-42(14-6-1)50(43-15-7-2-8-16-43)32-27-40-25-29-46-33-38(23-28-47(46)35-40)21-22-39-24-30-49-36-41(26-31-48(49)34-39)37-52-53-51(44-17-9-3-10-18-44)45-19-11-4-12-20-45/h1-15,17-36,51H,16,37H2/b22-21+,32-27+,50-43?,53-52?. The fourth-order valence-electron chi connectivity index (χ4n) is 6.90. The van der Waals surface area contributed by atoms with Crippen LogP contribution >= 0.6 is 0 Å².